The summed E-state index contributed by atoms with van der Waals surface area (Å²) in [6, 6.07) is 18.8. The van der Waals surface area contributed by atoms with Crippen LogP contribution in [0.3, 0.4) is 0 Å². The number of carbonyl (C=O) groups excluding carboxylic acids is 1. The molecule has 2 aliphatic rings. The van der Waals surface area contributed by atoms with Gasteiger partial charge in [-0.15, -0.1) is 0 Å². The number of carbonyl (C=O) groups is 1. The summed E-state index contributed by atoms with van der Waals surface area (Å²) in [6.45, 7) is 0. The Labute approximate surface area is 155 Å². The first-order valence-electron chi connectivity index (χ1n) is 8.70. The molecule has 3 heterocycles. The molecule has 0 saturated heterocycles. The molecule has 0 aliphatic carbocycles. The van der Waals surface area contributed by atoms with Gasteiger partial charge in [0.1, 0.15) is 11.6 Å². The molecule has 1 aromatic heterocycles. The second kappa shape index (κ2) is 5.89. The number of hydrogen-bond donors (Lipinski definition) is 0. The van der Waals surface area contributed by atoms with Crippen LogP contribution >= 0.6 is 0 Å². The van der Waals surface area contributed by atoms with Crippen LogP contribution in [0.5, 0.6) is 0 Å². The number of allylic oxidation sites excluding steroid dienone is 2. The van der Waals surface area contributed by atoms with Gasteiger partial charge in [0, 0.05) is 17.3 Å². The normalized spacial score (nSPS) is 20.0. The van der Waals surface area contributed by atoms with E-state index in [0.29, 0.717) is 22.6 Å². The van der Waals surface area contributed by atoms with E-state index in [4.69, 9.17) is 4.98 Å². The number of fused-ring (bicyclic) bond motifs is 4. The van der Waals surface area contributed by atoms with E-state index in [1.165, 1.54) is 0 Å². The molecule has 5 nitrogen and oxygen atoms in total. The Morgan fingerprint density at radius 3 is 2.44 bits per heavy atom. The molecule has 0 unspecified atom stereocenters. The summed E-state index contributed by atoms with van der Waals surface area (Å²) in [7, 11) is 0. The van der Waals surface area contributed by atoms with Gasteiger partial charge in [0.15, 0.2) is 11.6 Å². The maximum atomic E-state index is 12.8. The fraction of sp³-hybridized carbons (Fsp3) is 0.0909. The van der Waals surface area contributed by atoms with Crippen LogP contribution < -0.4 is 4.90 Å². The number of anilines is 1. The van der Waals surface area contributed by atoms with E-state index in [2.05, 4.69) is 11.1 Å². The average Bonchev–Trinajstić information content (AvgIpc) is 3.04. The summed E-state index contributed by atoms with van der Waals surface area (Å²) in [5.74, 6) is 0.162. The molecule has 0 bridgehead atoms. The lowest BCUT2D eigenvalue weighted by molar-refractivity contribution is 0.103. The molecule has 5 rings (SSSR count). The van der Waals surface area contributed by atoms with E-state index in [1.54, 1.807) is 18.2 Å². The molecule has 0 fully saturated rings. The monoisotopic (exact) mass is 350 g/mol. The lowest BCUT2D eigenvalue weighted by Crippen LogP contribution is -2.31. The Morgan fingerprint density at radius 2 is 1.70 bits per heavy atom. The molecule has 128 valence electrons. The minimum atomic E-state index is -0.472. The maximum absolute atomic E-state index is 12.8. The number of aromatic nitrogens is 2. The zero-order valence-electron chi connectivity index (χ0n) is 14.3. The van der Waals surface area contributed by atoms with Gasteiger partial charge in [0.05, 0.1) is 23.1 Å². The minimum Gasteiger partial charge on any atom is -0.323 e. The van der Waals surface area contributed by atoms with E-state index in [-0.39, 0.29) is 11.8 Å². The van der Waals surface area contributed by atoms with Gasteiger partial charge in [-0.25, -0.2) is 9.97 Å². The first-order chi connectivity index (χ1) is 13.3. The summed E-state index contributed by atoms with van der Waals surface area (Å²) < 4.78 is 0. The van der Waals surface area contributed by atoms with E-state index in [0.717, 1.165) is 11.0 Å². The highest BCUT2D eigenvalue weighted by molar-refractivity contribution is 6.11. The number of ketones is 1. The molecular formula is C22H14N4O. The molecule has 0 saturated carbocycles. The van der Waals surface area contributed by atoms with Gasteiger partial charge in [-0.05, 0) is 24.3 Å². The fourth-order valence-corrected chi connectivity index (χ4v) is 3.66. The number of rotatable bonds is 2. The molecule has 27 heavy (non-hydrogen) atoms. The van der Waals surface area contributed by atoms with Crippen LogP contribution in [0, 0.1) is 11.3 Å². The van der Waals surface area contributed by atoms with E-state index in [1.807, 2.05) is 59.6 Å². The smallest absolute Gasteiger partial charge is 0.192 e. The largest absolute Gasteiger partial charge is 0.323 e. The van der Waals surface area contributed by atoms with Crippen LogP contribution in [-0.2, 0) is 0 Å². The lowest BCUT2D eigenvalue weighted by Gasteiger charge is -2.25. The Kier molecular flexibility index (Phi) is 3.37. The topological polar surface area (TPSA) is 69.9 Å². The minimum absolute atomic E-state index is 0.0507. The summed E-state index contributed by atoms with van der Waals surface area (Å²) >= 11 is 0. The zero-order chi connectivity index (χ0) is 18.4. The third-order valence-corrected chi connectivity index (χ3v) is 4.98. The third-order valence-electron chi connectivity index (χ3n) is 4.98. The van der Waals surface area contributed by atoms with Gasteiger partial charge in [0.2, 0.25) is 0 Å². The zero-order valence-corrected chi connectivity index (χ0v) is 14.3. The van der Waals surface area contributed by atoms with Crippen molar-refractivity contribution in [3.05, 3.63) is 89.8 Å². The van der Waals surface area contributed by atoms with Crippen molar-refractivity contribution in [1.29, 1.82) is 5.26 Å². The molecule has 2 aliphatic heterocycles. The third kappa shape index (κ3) is 2.35. The molecule has 5 heteroatoms. The number of benzene rings is 2. The highest BCUT2D eigenvalue weighted by Gasteiger charge is 2.41. The van der Waals surface area contributed by atoms with Crippen molar-refractivity contribution in [1.82, 2.24) is 9.97 Å². The Balaban J connectivity index is 1.59. The molecule has 3 aromatic rings. The Morgan fingerprint density at radius 1 is 1.00 bits per heavy atom. The quantitative estimate of drug-likeness (QED) is 0.658. The van der Waals surface area contributed by atoms with Crippen molar-refractivity contribution in [3.63, 3.8) is 0 Å². The Bertz CT molecular complexity index is 1170. The first kappa shape index (κ1) is 15.5. The Hall–Kier alpha value is -3.78. The molecular weight excluding hydrogens is 336 g/mol. The second-order valence-electron chi connectivity index (χ2n) is 6.56. The molecule has 2 aromatic carbocycles. The highest BCUT2D eigenvalue weighted by Crippen LogP contribution is 2.42. The van der Waals surface area contributed by atoms with Gasteiger partial charge >= 0.3 is 0 Å². The van der Waals surface area contributed by atoms with Crippen molar-refractivity contribution in [2.75, 3.05) is 4.90 Å². The molecule has 0 amide bonds. The van der Waals surface area contributed by atoms with Crippen LogP contribution in [-0.4, -0.2) is 21.8 Å². The predicted molar refractivity (Wildman–Crippen MR) is 102 cm³/mol. The number of nitriles is 1. The lowest BCUT2D eigenvalue weighted by atomic mass is 9.94. The SMILES string of the molecule is N#C[C@H]1c2nc3ccccc3nc2N2C=CC(C(=O)c3ccccc3)=C[C@@H]12. The average molecular weight is 350 g/mol. The first-order valence-corrected chi connectivity index (χ1v) is 8.70. The van der Waals surface area contributed by atoms with E-state index >= 15 is 0 Å². The number of para-hydroxylation sites is 2. The van der Waals surface area contributed by atoms with Crippen LogP contribution in [0.15, 0.2) is 78.5 Å². The standard InChI is InChI=1S/C22H14N4O/c23-13-16-19-12-15(21(27)14-6-2-1-3-7-14)10-11-26(19)22-20(16)24-17-8-4-5-9-18(17)25-22/h1-12,16,19H/t16-,19+/m1/s1. The van der Waals surface area contributed by atoms with Gasteiger partial charge in [-0.1, -0.05) is 42.5 Å². The second-order valence-corrected chi connectivity index (χ2v) is 6.56. The van der Waals surface area contributed by atoms with E-state index < -0.39 is 5.92 Å². The van der Waals surface area contributed by atoms with Gasteiger partial charge < -0.3 is 4.90 Å². The summed E-state index contributed by atoms with van der Waals surface area (Å²) in [5, 5.41) is 9.78. The maximum Gasteiger partial charge on any atom is 0.192 e. The molecule has 0 radical (unpaired) electrons. The van der Waals surface area contributed by atoms with Crippen molar-refractivity contribution in [2.24, 2.45) is 0 Å². The summed E-state index contributed by atoms with van der Waals surface area (Å²) in [4.78, 5) is 24.1. The van der Waals surface area contributed by atoms with Crippen molar-refractivity contribution in [3.8, 4) is 6.07 Å². The summed E-state index contributed by atoms with van der Waals surface area (Å²) in [6.07, 6.45) is 5.48. The van der Waals surface area contributed by atoms with Crippen molar-refractivity contribution < 1.29 is 4.79 Å². The van der Waals surface area contributed by atoms with Crippen LogP contribution in [0.2, 0.25) is 0 Å². The summed E-state index contributed by atoms with van der Waals surface area (Å²) in [5.41, 5.74) is 3.44. The van der Waals surface area contributed by atoms with Gasteiger partial charge in [-0.2, -0.15) is 5.26 Å². The molecule has 0 N–H and O–H groups in total. The number of hydrogen-bond acceptors (Lipinski definition) is 5. The number of nitrogens with zero attached hydrogens (tertiary/aromatic N) is 4. The van der Waals surface area contributed by atoms with Gasteiger partial charge in [-0.3, -0.25) is 4.79 Å². The van der Waals surface area contributed by atoms with Crippen molar-refractivity contribution in [2.45, 2.75) is 12.0 Å². The van der Waals surface area contributed by atoms with Crippen LogP contribution in [0.4, 0.5) is 5.82 Å². The van der Waals surface area contributed by atoms with E-state index in [9.17, 15) is 10.1 Å². The van der Waals surface area contributed by atoms with Crippen LogP contribution in [0.1, 0.15) is 22.0 Å². The highest BCUT2D eigenvalue weighted by atomic mass is 16.1. The van der Waals surface area contributed by atoms with Gasteiger partial charge in [0.25, 0.3) is 0 Å². The van der Waals surface area contributed by atoms with Crippen molar-refractivity contribution >= 4 is 22.6 Å². The number of Topliss-reactive ketones (excluding diaryl/α,β-unsaturated/α-hetero) is 1. The predicted octanol–water partition coefficient (Wildman–Crippen LogP) is 3.76. The molecule has 0 spiro atoms. The molecule has 2 atom stereocenters. The fourth-order valence-electron chi connectivity index (χ4n) is 3.66. The van der Waals surface area contributed by atoms with Crippen LogP contribution in [0.25, 0.3) is 11.0 Å².